The summed E-state index contributed by atoms with van der Waals surface area (Å²) in [7, 11) is 0.456. The molecule has 0 radical (unpaired) electrons. The number of aromatic nitrogens is 1. The fourth-order valence-electron chi connectivity index (χ4n) is 2.94. The Hall–Kier alpha value is -2.88. The van der Waals surface area contributed by atoms with E-state index in [1.807, 2.05) is 48.5 Å². The minimum absolute atomic E-state index is 0.456. The molecule has 0 aliphatic rings. The van der Waals surface area contributed by atoms with E-state index in [1.165, 1.54) is 0 Å². The standard InChI is InChI=1S/C18H12BNO2/c21-19-22-14-10-11-18-16(12-14)15-8-4-5-9-17(15)20(18)13-6-2-1-3-7-13/h1-12H. The Morgan fingerprint density at radius 3 is 2.32 bits per heavy atom. The van der Waals surface area contributed by atoms with Crippen molar-refractivity contribution >= 4 is 29.2 Å². The van der Waals surface area contributed by atoms with E-state index >= 15 is 0 Å². The van der Waals surface area contributed by atoms with Crippen LogP contribution in [0.15, 0.2) is 72.8 Å². The van der Waals surface area contributed by atoms with Crippen molar-refractivity contribution in [2.24, 2.45) is 0 Å². The van der Waals surface area contributed by atoms with Gasteiger partial charge in [-0.3, -0.25) is 0 Å². The molecule has 0 spiro atoms. The first-order valence-corrected chi connectivity index (χ1v) is 7.07. The normalized spacial score (nSPS) is 10.7. The minimum atomic E-state index is 0.456. The summed E-state index contributed by atoms with van der Waals surface area (Å²) in [5, 5.41) is 2.21. The molecule has 0 aliphatic heterocycles. The topological polar surface area (TPSA) is 31.2 Å². The molecule has 0 fully saturated rings. The first-order chi connectivity index (χ1) is 10.9. The fraction of sp³-hybridized carbons (Fsp3) is 0. The van der Waals surface area contributed by atoms with E-state index in [9.17, 15) is 4.70 Å². The molecule has 0 N–H and O–H groups in total. The molecule has 0 saturated heterocycles. The molecular formula is C18H12BNO2. The van der Waals surface area contributed by atoms with Crippen molar-refractivity contribution in [1.29, 1.82) is 0 Å². The predicted molar refractivity (Wildman–Crippen MR) is 87.8 cm³/mol. The molecule has 0 amide bonds. The Kier molecular flexibility index (Phi) is 3.00. The Bertz CT molecular complexity index is 976. The maximum absolute atomic E-state index is 10.6. The number of rotatable bonds is 3. The number of fused-ring (bicyclic) bond motifs is 3. The van der Waals surface area contributed by atoms with Gasteiger partial charge in [-0.2, -0.15) is 0 Å². The first kappa shape index (κ1) is 12.8. The Morgan fingerprint density at radius 2 is 1.50 bits per heavy atom. The third-order valence-corrected chi connectivity index (χ3v) is 3.84. The van der Waals surface area contributed by atoms with Crippen LogP contribution in [0.25, 0.3) is 27.5 Å². The van der Waals surface area contributed by atoms with Gasteiger partial charge in [-0.05, 0) is 0 Å². The van der Waals surface area contributed by atoms with Crippen LogP contribution in [0.3, 0.4) is 0 Å². The van der Waals surface area contributed by atoms with E-state index in [4.69, 9.17) is 4.65 Å². The number of para-hydroxylation sites is 2. The SMILES string of the molecule is O=BOc1ccc2c(c1)c1ccccc1n2-c1ccccc1. The zero-order valence-electron chi connectivity index (χ0n) is 11.8. The summed E-state index contributed by atoms with van der Waals surface area (Å²) in [6.45, 7) is 0. The molecule has 0 aliphatic carbocycles. The van der Waals surface area contributed by atoms with Gasteiger partial charge < -0.3 is 0 Å². The zero-order chi connectivity index (χ0) is 14.9. The Morgan fingerprint density at radius 1 is 0.773 bits per heavy atom. The molecule has 0 saturated carbocycles. The van der Waals surface area contributed by atoms with E-state index in [0.29, 0.717) is 13.1 Å². The van der Waals surface area contributed by atoms with Crippen molar-refractivity contribution in [3.8, 4) is 11.4 Å². The van der Waals surface area contributed by atoms with Crippen LogP contribution in [0, 0.1) is 0 Å². The molecule has 4 heteroatoms. The number of nitrogens with zero attached hydrogens (tertiary/aromatic N) is 1. The molecule has 0 atom stereocenters. The van der Waals surface area contributed by atoms with Gasteiger partial charge in [0.1, 0.15) is 0 Å². The monoisotopic (exact) mass is 285 g/mol. The van der Waals surface area contributed by atoms with Crippen molar-refractivity contribution in [2.45, 2.75) is 0 Å². The van der Waals surface area contributed by atoms with Gasteiger partial charge in [0.25, 0.3) is 0 Å². The first-order valence-electron chi connectivity index (χ1n) is 7.07. The van der Waals surface area contributed by atoms with Gasteiger partial charge in [-0.25, -0.2) is 0 Å². The van der Waals surface area contributed by atoms with Gasteiger partial charge >= 0.3 is 127 Å². The van der Waals surface area contributed by atoms with Crippen molar-refractivity contribution < 1.29 is 9.36 Å². The van der Waals surface area contributed by atoms with Gasteiger partial charge in [0.15, 0.2) is 0 Å². The fourth-order valence-corrected chi connectivity index (χ4v) is 2.94. The molecular weight excluding hydrogens is 273 g/mol. The number of hydrogen-bond acceptors (Lipinski definition) is 2. The molecule has 22 heavy (non-hydrogen) atoms. The average Bonchev–Trinajstić information content (AvgIpc) is 2.90. The zero-order valence-corrected chi connectivity index (χ0v) is 11.8. The number of benzene rings is 3. The molecule has 1 heterocycles. The van der Waals surface area contributed by atoms with E-state index in [-0.39, 0.29) is 0 Å². The van der Waals surface area contributed by atoms with Gasteiger partial charge in [0.05, 0.1) is 0 Å². The van der Waals surface area contributed by atoms with Crippen LogP contribution < -0.4 is 4.65 Å². The molecule has 4 aromatic rings. The van der Waals surface area contributed by atoms with Gasteiger partial charge in [0, 0.05) is 0 Å². The second-order valence-electron chi connectivity index (χ2n) is 5.08. The van der Waals surface area contributed by atoms with Crippen LogP contribution in [0.4, 0.5) is 0 Å². The summed E-state index contributed by atoms with van der Waals surface area (Å²) in [6.07, 6.45) is 0. The van der Waals surface area contributed by atoms with Crippen LogP contribution in [-0.4, -0.2) is 11.9 Å². The van der Waals surface area contributed by atoms with Crippen molar-refractivity contribution in [3.63, 3.8) is 0 Å². The molecule has 0 bridgehead atoms. The predicted octanol–water partition coefficient (Wildman–Crippen LogP) is 4.13. The Balaban J connectivity index is 2.12. The van der Waals surface area contributed by atoms with E-state index in [1.54, 1.807) is 0 Å². The molecule has 1 aromatic heterocycles. The van der Waals surface area contributed by atoms with E-state index < -0.39 is 0 Å². The van der Waals surface area contributed by atoms with Crippen molar-refractivity contribution in [3.05, 3.63) is 72.8 Å². The maximum atomic E-state index is 10.6. The van der Waals surface area contributed by atoms with Crippen molar-refractivity contribution in [1.82, 2.24) is 4.57 Å². The third kappa shape index (κ3) is 1.92. The van der Waals surface area contributed by atoms with Gasteiger partial charge in [-0.15, -0.1) is 0 Å². The van der Waals surface area contributed by atoms with Crippen LogP contribution in [0.5, 0.6) is 5.75 Å². The van der Waals surface area contributed by atoms with Crippen LogP contribution >= 0.6 is 0 Å². The summed E-state index contributed by atoms with van der Waals surface area (Å²) < 4.78 is 17.8. The quantitative estimate of drug-likeness (QED) is 0.530. The van der Waals surface area contributed by atoms with Gasteiger partial charge in [-0.1, -0.05) is 0 Å². The van der Waals surface area contributed by atoms with Crippen LogP contribution in [-0.2, 0) is 4.70 Å². The third-order valence-electron chi connectivity index (χ3n) is 3.84. The summed E-state index contributed by atoms with van der Waals surface area (Å²) in [6, 6.07) is 24.2. The summed E-state index contributed by atoms with van der Waals surface area (Å²) in [4.78, 5) is 0. The van der Waals surface area contributed by atoms with E-state index in [2.05, 4.69) is 28.8 Å². The second-order valence-corrected chi connectivity index (χ2v) is 5.08. The molecule has 104 valence electrons. The van der Waals surface area contributed by atoms with Gasteiger partial charge in [0.2, 0.25) is 0 Å². The number of hydrogen-bond donors (Lipinski definition) is 0. The second kappa shape index (κ2) is 5.15. The molecule has 4 rings (SSSR count). The summed E-state index contributed by atoms with van der Waals surface area (Å²) >= 11 is 0. The van der Waals surface area contributed by atoms with E-state index in [0.717, 1.165) is 27.5 Å². The summed E-state index contributed by atoms with van der Waals surface area (Å²) in [5.41, 5.74) is 3.33. The van der Waals surface area contributed by atoms with Crippen LogP contribution in [0.2, 0.25) is 0 Å². The van der Waals surface area contributed by atoms with Crippen LogP contribution in [0.1, 0.15) is 0 Å². The molecule has 3 aromatic carbocycles. The van der Waals surface area contributed by atoms with Crippen molar-refractivity contribution in [2.75, 3.05) is 0 Å². The molecule has 0 unspecified atom stereocenters. The summed E-state index contributed by atoms with van der Waals surface area (Å²) in [5.74, 6) is 0.554. The molecule has 3 nitrogen and oxygen atoms in total. The average molecular weight is 285 g/mol. The Labute approximate surface area is 128 Å².